The van der Waals surface area contributed by atoms with E-state index in [4.69, 9.17) is 17.3 Å². The Hall–Kier alpha value is -4.01. The third-order valence-electron chi connectivity index (χ3n) is 7.06. The van der Waals surface area contributed by atoms with Gasteiger partial charge in [-0.05, 0) is 48.7 Å². The second-order valence-electron chi connectivity index (χ2n) is 9.89. The molecule has 0 saturated carbocycles. The topological polar surface area (TPSA) is 122 Å². The van der Waals surface area contributed by atoms with E-state index >= 15 is 0 Å². The number of nitrogens with zero attached hydrogens (tertiary/aromatic N) is 1. The van der Waals surface area contributed by atoms with Gasteiger partial charge >= 0.3 is 0 Å². The van der Waals surface area contributed by atoms with Crippen LogP contribution in [-0.2, 0) is 27.3 Å². The monoisotopic (exact) mass is 560 g/mol. The van der Waals surface area contributed by atoms with E-state index in [1.807, 2.05) is 37.3 Å². The highest BCUT2D eigenvalue weighted by Gasteiger charge is 2.36. The van der Waals surface area contributed by atoms with Gasteiger partial charge in [-0.2, -0.15) is 0 Å². The van der Waals surface area contributed by atoms with Crippen molar-refractivity contribution >= 4 is 40.8 Å². The number of hydrogen-bond acceptors (Lipinski definition) is 5. The van der Waals surface area contributed by atoms with Crippen LogP contribution in [0.2, 0.25) is 5.02 Å². The molecule has 8 nitrogen and oxygen atoms in total. The van der Waals surface area contributed by atoms with Crippen LogP contribution >= 0.6 is 11.6 Å². The van der Waals surface area contributed by atoms with Crippen LogP contribution in [-0.4, -0.2) is 47.0 Å². The fraction of sp³-hybridized carbons (Fsp3) is 0.290. The molecular weight excluding hydrogens is 528 g/mol. The third kappa shape index (κ3) is 7.14. The van der Waals surface area contributed by atoms with Gasteiger partial charge in [0.1, 0.15) is 12.1 Å². The Morgan fingerprint density at radius 2 is 1.68 bits per heavy atom. The van der Waals surface area contributed by atoms with Gasteiger partial charge in [-0.25, -0.2) is 0 Å². The molecule has 4 rings (SSSR count). The van der Waals surface area contributed by atoms with Gasteiger partial charge < -0.3 is 21.3 Å². The van der Waals surface area contributed by atoms with Crippen molar-refractivity contribution < 1.29 is 19.2 Å². The molecule has 2 atom stereocenters. The first kappa shape index (κ1) is 29.0. The number of rotatable bonds is 10. The number of carbonyl (C=O) groups is 4. The summed E-state index contributed by atoms with van der Waals surface area (Å²) in [5.74, 6) is -1.31. The van der Waals surface area contributed by atoms with Crippen molar-refractivity contribution in [1.29, 1.82) is 0 Å². The van der Waals surface area contributed by atoms with Crippen molar-refractivity contribution in [3.63, 3.8) is 0 Å². The number of aryl methyl sites for hydroxylation is 1. The Balaban J connectivity index is 1.49. The molecule has 0 bridgehead atoms. The molecule has 3 aromatic carbocycles. The first-order valence-corrected chi connectivity index (χ1v) is 13.7. The molecule has 0 spiro atoms. The predicted octanol–water partition coefficient (Wildman–Crippen LogP) is 4.04. The Morgan fingerprint density at radius 3 is 2.38 bits per heavy atom. The van der Waals surface area contributed by atoms with Gasteiger partial charge in [-0.3, -0.25) is 19.2 Å². The summed E-state index contributed by atoms with van der Waals surface area (Å²) in [6, 6.07) is 19.9. The Bertz CT molecular complexity index is 1400. The van der Waals surface area contributed by atoms with E-state index in [1.165, 1.54) is 4.90 Å². The molecule has 0 fully saturated rings. The molecular formula is C31H33ClN4O4. The number of anilines is 1. The molecule has 3 aromatic rings. The predicted molar refractivity (Wildman–Crippen MR) is 155 cm³/mol. The minimum absolute atomic E-state index is 0.0272. The number of hydrogen-bond donors (Lipinski definition) is 3. The van der Waals surface area contributed by atoms with Crippen molar-refractivity contribution in [1.82, 2.24) is 10.2 Å². The molecule has 1 heterocycles. The number of ketones is 1. The van der Waals surface area contributed by atoms with Crippen molar-refractivity contribution in [3.8, 4) is 0 Å². The number of amides is 3. The number of nitrogens with two attached hydrogens (primary N) is 1. The van der Waals surface area contributed by atoms with Crippen LogP contribution < -0.4 is 16.4 Å². The van der Waals surface area contributed by atoms with Crippen molar-refractivity contribution in [2.75, 3.05) is 11.9 Å². The lowest BCUT2D eigenvalue weighted by molar-refractivity contribution is -0.142. The maximum Gasteiger partial charge on any atom is 0.247 e. The normalized spacial score (nSPS) is 15.1. The molecule has 3 amide bonds. The molecule has 0 aliphatic carbocycles. The molecule has 0 saturated heterocycles. The maximum atomic E-state index is 13.6. The first-order valence-electron chi connectivity index (χ1n) is 13.3. The number of fused-ring (bicyclic) bond motifs is 1. The van der Waals surface area contributed by atoms with Gasteiger partial charge in [-0.1, -0.05) is 72.3 Å². The quantitative estimate of drug-likeness (QED) is 0.323. The van der Waals surface area contributed by atoms with E-state index in [0.717, 1.165) is 16.7 Å². The zero-order chi connectivity index (χ0) is 28.6. The molecule has 40 heavy (non-hydrogen) atoms. The van der Waals surface area contributed by atoms with Crippen LogP contribution in [0.3, 0.4) is 0 Å². The van der Waals surface area contributed by atoms with Crippen LogP contribution in [0.25, 0.3) is 0 Å². The summed E-state index contributed by atoms with van der Waals surface area (Å²) in [6.45, 7) is 2.27. The summed E-state index contributed by atoms with van der Waals surface area (Å²) in [5.41, 5.74) is 9.59. The summed E-state index contributed by atoms with van der Waals surface area (Å²) in [6.07, 6.45) is 0.512. The fourth-order valence-corrected chi connectivity index (χ4v) is 4.94. The van der Waals surface area contributed by atoms with Crippen LogP contribution in [0.4, 0.5) is 5.69 Å². The molecule has 9 heteroatoms. The third-order valence-corrected chi connectivity index (χ3v) is 7.47. The van der Waals surface area contributed by atoms with E-state index < -0.39 is 23.9 Å². The summed E-state index contributed by atoms with van der Waals surface area (Å²) in [4.78, 5) is 54.2. The highest BCUT2D eigenvalue weighted by atomic mass is 35.5. The van der Waals surface area contributed by atoms with E-state index in [0.29, 0.717) is 22.7 Å². The Labute approximate surface area is 238 Å². The zero-order valence-electron chi connectivity index (χ0n) is 22.4. The minimum Gasteiger partial charge on any atom is -0.342 e. The number of halogens is 1. The molecule has 1 aliphatic rings. The lowest BCUT2D eigenvalue weighted by Gasteiger charge is -2.36. The summed E-state index contributed by atoms with van der Waals surface area (Å²) in [7, 11) is 0. The van der Waals surface area contributed by atoms with E-state index in [-0.39, 0.29) is 44.0 Å². The summed E-state index contributed by atoms with van der Waals surface area (Å²) in [5, 5.41) is 6.12. The molecule has 1 aliphatic heterocycles. The van der Waals surface area contributed by atoms with Gasteiger partial charge in [0, 0.05) is 42.1 Å². The first-order chi connectivity index (χ1) is 19.3. The largest absolute Gasteiger partial charge is 0.342 e. The number of Topliss-reactive ketones (excluding diaryl/α,β-unsaturated/α-hetero) is 1. The minimum atomic E-state index is -0.911. The molecule has 4 N–H and O–H groups in total. The average molecular weight is 561 g/mol. The van der Waals surface area contributed by atoms with Gasteiger partial charge in [0.05, 0.1) is 0 Å². The van der Waals surface area contributed by atoms with Crippen LogP contribution in [0.1, 0.15) is 46.3 Å². The highest BCUT2D eigenvalue weighted by molar-refractivity contribution is 6.31. The average Bonchev–Trinajstić information content (AvgIpc) is 2.97. The van der Waals surface area contributed by atoms with Gasteiger partial charge in [-0.15, -0.1) is 0 Å². The van der Waals surface area contributed by atoms with Crippen molar-refractivity contribution in [3.05, 3.63) is 100 Å². The SMILES string of the molecule is Cc1ccc(NC(=O)[C@H](CCN)NC(=O)[C@@H]2Cc3ccccc3CN2C(=O)CCC(=O)c2ccccc2)cc1Cl. The van der Waals surface area contributed by atoms with Crippen LogP contribution in [0.15, 0.2) is 72.8 Å². The second-order valence-corrected chi connectivity index (χ2v) is 10.3. The highest BCUT2D eigenvalue weighted by Crippen LogP contribution is 2.25. The second kappa shape index (κ2) is 13.4. The summed E-state index contributed by atoms with van der Waals surface area (Å²) >= 11 is 6.19. The molecule has 0 aromatic heterocycles. The van der Waals surface area contributed by atoms with Crippen molar-refractivity contribution in [2.24, 2.45) is 5.73 Å². The Kier molecular flexibility index (Phi) is 9.69. The van der Waals surface area contributed by atoms with E-state index in [9.17, 15) is 19.2 Å². The van der Waals surface area contributed by atoms with Crippen LogP contribution in [0, 0.1) is 6.92 Å². The van der Waals surface area contributed by atoms with E-state index in [1.54, 1.807) is 42.5 Å². The number of benzene rings is 3. The number of carbonyl (C=O) groups excluding carboxylic acids is 4. The van der Waals surface area contributed by atoms with Gasteiger partial charge in [0.15, 0.2) is 5.78 Å². The maximum absolute atomic E-state index is 13.6. The molecule has 208 valence electrons. The van der Waals surface area contributed by atoms with Gasteiger partial charge in [0.2, 0.25) is 17.7 Å². The smallest absolute Gasteiger partial charge is 0.247 e. The fourth-order valence-electron chi connectivity index (χ4n) is 4.76. The lowest BCUT2D eigenvalue weighted by atomic mass is 9.92. The number of nitrogens with one attached hydrogen (secondary N) is 2. The summed E-state index contributed by atoms with van der Waals surface area (Å²) < 4.78 is 0. The lowest BCUT2D eigenvalue weighted by Crippen LogP contribution is -2.56. The van der Waals surface area contributed by atoms with Crippen LogP contribution in [0.5, 0.6) is 0 Å². The molecule has 0 radical (unpaired) electrons. The molecule has 0 unspecified atom stereocenters. The standard InChI is InChI=1S/C31H33ClN4O4/c1-20-11-12-24(18-25(20)32)34-30(39)26(15-16-33)35-31(40)27-17-22-9-5-6-10-23(22)19-36(27)29(38)14-13-28(37)21-7-3-2-4-8-21/h2-12,18,26-27H,13-17,19,33H2,1H3,(H,34,39)(H,35,40)/t26-,27-/m0/s1. The van der Waals surface area contributed by atoms with Crippen molar-refractivity contribution in [2.45, 2.75) is 51.2 Å². The van der Waals surface area contributed by atoms with E-state index in [2.05, 4.69) is 10.6 Å². The Morgan fingerprint density at radius 1 is 0.975 bits per heavy atom. The zero-order valence-corrected chi connectivity index (χ0v) is 23.1. The van der Waals surface area contributed by atoms with Gasteiger partial charge in [0.25, 0.3) is 0 Å².